The molecule has 0 amide bonds. The van der Waals surface area contributed by atoms with Gasteiger partial charge >= 0.3 is 0 Å². The van der Waals surface area contributed by atoms with E-state index in [1.807, 2.05) is 6.92 Å². The molecular formula is C10H12F2O. The molecule has 0 atom stereocenters. The van der Waals surface area contributed by atoms with Crippen LogP contribution in [0.25, 0.3) is 0 Å². The predicted octanol–water partition coefficient (Wildman–Crippen LogP) is 3.20. The van der Waals surface area contributed by atoms with Crippen molar-refractivity contribution in [2.45, 2.75) is 19.8 Å². The van der Waals surface area contributed by atoms with E-state index < -0.39 is 6.43 Å². The summed E-state index contributed by atoms with van der Waals surface area (Å²) in [6, 6.07) is 4.77. The Kier molecular flexibility index (Phi) is 3.23. The van der Waals surface area contributed by atoms with Gasteiger partial charge in [-0.25, -0.2) is 8.78 Å². The molecule has 0 saturated carbocycles. The normalized spacial score (nSPS) is 10.5. The molecular weight excluding hydrogens is 174 g/mol. The van der Waals surface area contributed by atoms with Crippen LogP contribution in [0.2, 0.25) is 0 Å². The highest BCUT2D eigenvalue weighted by atomic mass is 19.3. The maximum absolute atomic E-state index is 12.4. The topological polar surface area (TPSA) is 9.23 Å². The van der Waals surface area contributed by atoms with Crippen molar-refractivity contribution in [3.05, 3.63) is 29.3 Å². The first kappa shape index (κ1) is 9.96. The minimum absolute atomic E-state index is 0.0419. The molecule has 0 aromatic heterocycles. The molecule has 0 aliphatic carbocycles. The summed E-state index contributed by atoms with van der Waals surface area (Å²) in [5, 5.41) is 0. The van der Waals surface area contributed by atoms with Gasteiger partial charge in [-0.05, 0) is 24.1 Å². The van der Waals surface area contributed by atoms with Crippen molar-refractivity contribution in [1.82, 2.24) is 0 Å². The van der Waals surface area contributed by atoms with Crippen LogP contribution in [-0.4, -0.2) is 7.11 Å². The lowest BCUT2D eigenvalue weighted by atomic mass is 10.1. The zero-order valence-corrected chi connectivity index (χ0v) is 7.68. The summed E-state index contributed by atoms with van der Waals surface area (Å²) >= 11 is 0. The van der Waals surface area contributed by atoms with Gasteiger partial charge in [0.2, 0.25) is 0 Å². The van der Waals surface area contributed by atoms with E-state index in [1.165, 1.54) is 13.2 Å². The fourth-order valence-electron chi connectivity index (χ4n) is 1.16. The number of ether oxygens (including phenoxy) is 1. The summed E-state index contributed by atoms with van der Waals surface area (Å²) in [7, 11) is 1.40. The lowest BCUT2D eigenvalue weighted by Crippen LogP contribution is -1.93. The number of rotatable bonds is 3. The van der Waals surface area contributed by atoms with Crippen molar-refractivity contribution in [3.8, 4) is 5.75 Å². The Balaban J connectivity index is 3.08. The zero-order chi connectivity index (χ0) is 9.84. The summed E-state index contributed by atoms with van der Waals surface area (Å²) < 4.78 is 29.6. The Morgan fingerprint density at radius 3 is 2.54 bits per heavy atom. The number of halogens is 2. The molecule has 1 aromatic carbocycles. The first-order valence-electron chi connectivity index (χ1n) is 4.14. The Morgan fingerprint density at radius 1 is 1.38 bits per heavy atom. The van der Waals surface area contributed by atoms with E-state index in [0.717, 1.165) is 12.0 Å². The lowest BCUT2D eigenvalue weighted by Gasteiger charge is -2.08. The number of alkyl halides is 2. The van der Waals surface area contributed by atoms with Gasteiger partial charge in [0.05, 0.1) is 12.7 Å². The maximum Gasteiger partial charge on any atom is 0.267 e. The number of hydrogen-bond acceptors (Lipinski definition) is 1. The molecule has 0 bridgehead atoms. The molecule has 0 aliphatic rings. The Bertz CT molecular complexity index is 284. The average Bonchev–Trinajstić information content (AvgIpc) is 2.16. The third kappa shape index (κ3) is 2.17. The Labute approximate surface area is 76.3 Å². The van der Waals surface area contributed by atoms with Crippen LogP contribution < -0.4 is 4.74 Å². The fraction of sp³-hybridized carbons (Fsp3) is 0.400. The number of hydrogen-bond donors (Lipinski definition) is 0. The van der Waals surface area contributed by atoms with E-state index in [9.17, 15) is 8.78 Å². The lowest BCUT2D eigenvalue weighted by molar-refractivity contribution is 0.147. The van der Waals surface area contributed by atoms with Gasteiger partial charge in [-0.2, -0.15) is 0 Å². The van der Waals surface area contributed by atoms with Gasteiger partial charge in [0.1, 0.15) is 5.75 Å². The van der Waals surface area contributed by atoms with E-state index in [-0.39, 0.29) is 11.3 Å². The maximum atomic E-state index is 12.4. The highest BCUT2D eigenvalue weighted by Crippen LogP contribution is 2.29. The van der Waals surface area contributed by atoms with Crippen LogP contribution in [0.3, 0.4) is 0 Å². The molecule has 0 N–H and O–H groups in total. The van der Waals surface area contributed by atoms with Crippen LogP contribution in [-0.2, 0) is 6.42 Å². The third-order valence-electron chi connectivity index (χ3n) is 1.94. The number of methoxy groups -OCH3 is 1. The summed E-state index contributed by atoms with van der Waals surface area (Å²) in [6.45, 7) is 1.97. The fourth-order valence-corrected chi connectivity index (χ4v) is 1.16. The van der Waals surface area contributed by atoms with E-state index in [0.29, 0.717) is 0 Å². The van der Waals surface area contributed by atoms with Crippen molar-refractivity contribution >= 4 is 0 Å². The van der Waals surface area contributed by atoms with Crippen LogP contribution in [0.5, 0.6) is 5.75 Å². The van der Waals surface area contributed by atoms with Gasteiger partial charge in [0.25, 0.3) is 6.43 Å². The third-order valence-corrected chi connectivity index (χ3v) is 1.94. The highest BCUT2D eigenvalue weighted by Gasteiger charge is 2.13. The van der Waals surface area contributed by atoms with Crippen LogP contribution >= 0.6 is 0 Å². The quantitative estimate of drug-likeness (QED) is 0.704. The SMILES string of the molecule is CCc1ccc(C(F)F)c(OC)c1. The standard InChI is InChI=1S/C10H12F2O/c1-3-7-4-5-8(10(11)12)9(6-7)13-2/h4-6,10H,3H2,1-2H3. The molecule has 0 radical (unpaired) electrons. The van der Waals surface area contributed by atoms with Gasteiger partial charge in [0, 0.05) is 0 Å². The Hall–Kier alpha value is -1.12. The van der Waals surface area contributed by atoms with Crippen molar-refractivity contribution in [2.24, 2.45) is 0 Å². The largest absolute Gasteiger partial charge is 0.496 e. The molecule has 0 spiro atoms. The van der Waals surface area contributed by atoms with E-state index in [4.69, 9.17) is 4.74 Å². The minimum atomic E-state index is -2.47. The number of benzene rings is 1. The molecule has 13 heavy (non-hydrogen) atoms. The average molecular weight is 186 g/mol. The second-order valence-corrected chi connectivity index (χ2v) is 2.73. The van der Waals surface area contributed by atoms with Crippen LogP contribution in [0.4, 0.5) is 8.78 Å². The summed E-state index contributed by atoms with van der Waals surface area (Å²) in [4.78, 5) is 0. The molecule has 0 saturated heterocycles. The van der Waals surface area contributed by atoms with Crippen molar-refractivity contribution in [2.75, 3.05) is 7.11 Å². The van der Waals surface area contributed by atoms with Crippen LogP contribution in [0.1, 0.15) is 24.5 Å². The first-order chi connectivity index (χ1) is 6.19. The summed E-state index contributed by atoms with van der Waals surface area (Å²) in [6.07, 6.45) is -1.65. The molecule has 0 fully saturated rings. The van der Waals surface area contributed by atoms with E-state index in [1.54, 1.807) is 12.1 Å². The molecule has 1 nitrogen and oxygen atoms in total. The molecule has 0 aliphatic heterocycles. The van der Waals surface area contributed by atoms with Gasteiger partial charge in [0.15, 0.2) is 0 Å². The molecule has 72 valence electrons. The monoisotopic (exact) mass is 186 g/mol. The zero-order valence-electron chi connectivity index (χ0n) is 7.68. The Morgan fingerprint density at radius 2 is 2.08 bits per heavy atom. The van der Waals surface area contributed by atoms with Crippen molar-refractivity contribution < 1.29 is 13.5 Å². The van der Waals surface area contributed by atoms with Crippen molar-refractivity contribution in [1.29, 1.82) is 0 Å². The van der Waals surface area contributed by atoms with E-state index in [2.05, 4.69) is 0 Å². The molecule has 1 rings (SSSR count). The van der Waals surface area contributed by atoms with Crippen molar-refractivity contribution in [3.63, 3.8) is 0 Å². The van der Waals surface area contributed by atoms with Gasteiger partial charge in [-0.15, -0.1) is 0 Å². The smallest absolute Gasteiger partial charge is 0.267 e. The van der Waals surface area contributed by atoms with Gasteiger partial charge < -0.3 is 4.74 Å². The molecule has 3 heteroatoms. The summed E-state index contributed by atoms with van der Waals surface area (Å²) in [5.41, 5.74) is 0.959. The predicted molar refractivity (Wildman–Crippen MR) is 47.3 cm³/mol. The van der Waals surface area contributed by atoms with Crippen LogP contribution in [0.15, 0.2) is 18.2 Å². The highest BCUT2D eigenvalue weighted by molar-refractivity contribution is 5.38. The van der Waals surface area contributed by atoms with Crippen LogP contribution in [0, 0.1) is 0 Å². The van der Waals surface area contributed by atoms with E-state index >= 15 is 0 Å². The van der Waals surface area contributed by atoms with Gasteiger partial charge in [-0.3, -0.25) is 0 Å². The second kappa shape index (κ2) is 4.21. The molecule has 1 aromatic rings. The minimum Gasteiger partial charge on any atom is -0.496 e. The second-order valence-electron chi connectivity index (χ2n) is 2.73. The molecule has 0 unspecified atom stereocenters. The number of aryl methyl sites for hydroxylation is 1. The summed E-state index contributed by atoms with van der Waals surface area (Å²) in [5.74, 6) is 0.273. The molecule has 0 heterocycles. The van der Waals surface area contributed by atoms with Gasteiger partial charge in [-0.1, -0.05) is 13.0 Å². The first-order valence-corrected chi connectivity index (χ1v) is 4.14.